The van der Waals surface area contributed by atoms with Crippen LogP contribution in [0.1, 0.15) is 12.8 Å². The van der Waals surface area contributed by atoms with Gasteiger partial charge in [-0.05, 0) is 60.7 Å². The summed E-state index contributed by atoms with van der Waals surface area (Å²) in [5, 5.41) is 7.33. The van der Waals surface area contributed by atoms with E-state index in [0.29, 0.717) is 27.0 Å². The monoisotopic (exact) mass is 478 g/mol. The molecule has 3 heterocycles. The quantitative estimate of drug-likeness (QED) is 0.495. The van der Waals surface area contributed by atoms with Crippen molar-refractivity contribution in [2.24, 2.45) is 5.92 Å². The summed E-state index contributed by atoms with van der Waals surface area (Å²) in [6.45, 7) is 3.61. The Morgan fingerprint density at radius 1 is 1.12 bits per heavy atom. The maximum absolute atomic E-state index is 12.0. The van der Waals surface area contributed by atoms with Crippen molar-refractivity contribution in [3.63, 3.8) is 0 Å². The van der Waals surface area contributed by atoms with E-state index in [1.807, 2.05) is 24.3 Å². The van der Waals surface area contributed by atoms with Crippen LogP contribution >= 0.6 is 23.1 Å². The highest BCUT2D eigenvalue weighted by Crippen LogP contribution is 2.31. The second kappa shape index (κ2) is 9.66. The first-order valence-electron chi connectivity index (χ1n) is 10.8. The Morgan fingerprint density at radius 3 is 2.55 bits per heavy atom. The largest absolute Gasteiger partial charge is 0.338 e. The van der Waals surface area contributed by atoms with Crippen LogP contribution in [0.5, 0.6) is 0 Å². The number of hydrogen-bond donors (Lipinski definition) is 2. The van der Waals surface area contributed by atoms with Crippen LogP contribution in [-0.4, -0.2) is 71.8 Å². The normalized spacial score (nSPS) is 16.6. The predicted octanol–water partition coefficient (Wildman–Crippen LogP) is 2.12. The van der Waals surface area contributed by atoms with E-state index in [1.54, 1.807) is 6.20 Å². The molecule has 2 N–H and O–H groups in total. The molecule has 1 aromatic carbocycles. The Kier molecular flexibility index (Phi) is 6.47. The molecule has 33 heavy (non-hydrogen) atoms. The smallest absolute Gasteiger partial charge is 0.234 e. The summed E-state index contributed by atoms with van der Waals surface area (Å²) in [5.74, 6) is 1.35. The number of aromatic nitrogens is 4. The number of anilines is 4. The molecule has 1 saturated heterocycles. The molecule has 1 saturated carbocycles. The molecule has 2 fully saturated rings. The van der Waals surface area contributed by atoms with E-state index in [-0.39, 0.29) is 11.8 Å². The van der Waals surface area contributed by atoms with Gasteiger partial charge in [0.05, 0.1) is 0 Å². The van der Waals surface area contributed by atoms with Gasteiger partial charge in [0.25, 0.3) is 0 Å². The van der Waals surface area contributed by atoms with Crippen LogP contribution in [0.2, 0.25) is 0 Å². The maximum atomic E-state index is 12.0. The molecular weight excluding hydrogens is 455 g/mol. The SMILES string of the molecule is [B]c1cnc(Nc2nc(Sc3ccc(NC(=O)C4CC4)cc3)nc(N3CCN(C)CC3)n2)s1. The Bertz CT molecular complexity index is 1130. The van der Waals surface area contributed by atoms with Gasteiger partial charge < -0.3 is 15.1 Å². The molecule has 12 heteroatoms. The van der Waals surface area contributed by atoms with Crippen molar-refractivity contribution in [2.75, 3.05) is 48.8 Å². The summed E-state index contributed by atoms with van der Waals surface area (Å²) in [5.41, 5.74) is 0.800. The van der Waals surface area contributed by atoms with Crippen LogP contribution in [0.25, 0.3) is 0 Å². The van der Waals surface area contributed by atoms with Gasteiger partial charge in [0.1, 0.15) is 7.85 Å². The maximum Gasteiger partial charge on any atom is 0.234 e. The van der Waals surface area contributed by atoms with E-state index in [9.17, 15) is 4.79 Å². The average molecular weight is 478 g/mol. The molecule has 2 aromatic heterocycles. The number of nitrogens with zero attached hydrogens (tertiary/aromatic N) is 6. The van der Waals surface area contributed by atoms with Crippen LogP contribution < -0.4 is 20.3 Å². The molecular formula is C21H23BN8OS2. The molecule has 5 rings (SSSR count). The predicted molar refractivity (Wildman–Crippen MR) is 132 cm³/mol. The summed E-state index contributed by atoms with van der Waals surface area (Å²) >= 11 is 2.79. The number of thiazole rings is 1. The molecule has 3 aromatic rings. The van der Waals surface area contributed by atoms with Gasteiger partial charge in [-0.15, -0.1) is 11.3 Å². The van der Waals surface area contributed by atoms with Gasteiger partial charge in [-0.25, -0.2) is 4.98 Å². The zero-order valence-corrected chi connectivity index (χ0v) is 19.8. The van der Waals surface area contributed by atoms with Crippen LogP contribution in [0.3, 0.4) is 0 Å². The lowest BCUT2D eigenvalue weighted by atomic mass is 10.1. The van der Waals surface area contributed by atoms with Crippen molar-refractivity contribution in [2.45, 2.75) is 22.9 Å². The van der Waals surface area contributed by atoms with Crippen LogP contribution in [0, 0.1) is 5.92 Å². The molecule has 0 atom stereocenters. The van der Waals surface area contributed by atoms with Crippen molar-refractivity contribution in [3.05, 3.63) is 30.5 Å². The molecule has 0 spiro atoms. The van der Waals surface area contributed by atoms with Crippen molar-refractivity contribution >= 4 is 64.3 Å². The summed E-state index contributed by atoms with van der Waals surface area (Å²) < 4.78 is 0.620. The zero-order chi connectivity index (χ0) is 22.8. The van der Waals surface area contributed by atoms with E-state index in [0.717, 1.165) is 49.6 Å². The Labute approximate surface area is 201 Å². The average Bonchev–Trinajstić information content (AvgIpc) is 3.58. The van der Waals surface area contributed by atoms with E-state index in [1.165, 1.54) is 23.1 Å². The lowest BCUT2D eigenvalue weighted by Gasteiger charge is -2.32. The Balaban J connectivity index is 1.35. The van der Waals surface area contributed by atoms with Crippen LogP contribution in [-0.2, 0) is 4.79 Å². The van der Waals surface area contributed by atoms with E-state index in [2.05, 4.69) is 42.4 Å². The summed E-state index contributed by atoms with van der Waals surface area (Å²) in [7, 11) is 7.92. The summed E-state index contributed by atoms with van der Waals surface area (Å²) in [6, 6.07) is 7.73. The van der Waals surface area contributed by atoms with Gasteiger partial charge in [-0.1, -0.05) is 0 Å². The molecule has 0 bridgehead atoms. The molecule has 1 amide bonds. The Hall–Kier alpha value is -2.70. The van der Waals surface area contributed by atoms with Gasteiger partial charge in [0, 0.05) is 48.9 Å². The molecule has 168 valence electrons. The number of likely N-dealkylation sites (N-methyl/N-ethyl adjacent to an activating group) is 1. The minimum absolute atomic E-state index is 0.100. The highest BCUT2D eigenvalue weighted by Gasteiger charge is 2.29. The first-order valence-corrected chi connectivity index (χ1v) is 12.4. The number of nitrogens with one attached hydrogen (secondary N) is 2. The first-order chi connectivity index (χ1) is 16.0. The van der Waals surface area contributed by atoms with Crippen molar-refractivity contribution < 1.29 is 4.79 Å². The van der Waals surface area contributed by atoms with Gasteiger partial charge in [0.2, 0.25) is 17.8 Å². The molecule has 1 aliphatic carbocycles. The van der Waals surface area contributed by atoms with E-state index in [4.69, 9.17) is 12.8 Å². The van der Waals surface area contributed by atoms with Gasteiger partial charge in [0.15, 0.2) is 10.3 Å². The third kappa shape index (κ3) is 5.81. The number of piperazine rings is 1. The second-order valence-electron chi connectivity index (χ2n) is 8.11. The first kappa shape index (κ1) is 22.1. The van der Waals surface area contributed by atoms with Gasteiger partial charge >= 0.3 is 0 Å². The zero-order valence-electron chi connectivity index (χ0n) is 18.2. The van der Waals surface area contributed by atoms with Gasteiger partial charge in [-0.3, -0.25) is 10.1 Å². The van der Waals surface area contributed by atoms with Crippen LogP contribution in [0.15, 0.2) is 40.5 Å². The highest BCUT2D eigenvalue weighted by molar-refractivity contribution is 7.99. The molecule has 2 aliphatic rings. The number of benzene rings is 1. The van der Waals surface area contributed by atoms with E-state index >= 15 is 0 Å². The summed E-state index contributed by atoms with van der Waals surface area (Å²) in [6.07, 6.45) is 3.58. The fourth-order valence-electron chi connectivity index (χ4n) is 3.34. The fraction of sp³-hybridized carbons (Fsp3) is 0.381. The van der Waals surface area contributed by atoms with Crippen molar-refractivity contribution in [1.82, 2.24) is 24.8 Å². The fourth-order valence-corrected chi connectivity index (χ4v) is 4.66. The number of carbonyl (C=O) groups excluding carboxylic acids is 1. The van der Waals surface area contributed by atoms with Crippen LogP contribution in [0.4, 0.5) is 22.7 Å². The lowest BCUT2D eigenvalue weighted by Crippen LogP contribution is -2.45. The lowest BCUT2D eigenvalue weighted by molar-refractivity contribution is -0.117. The molecule has 1 aliphatic heterocycles. The van der Waals surface area contributed by atoms with E-state index < -0.39 is 0 Å². The molecule has 0 unspecified atom stereocenters. The third-order valence-corrected chi connectivity index (χ3v) is 7.03. The van der Waals surface area contributed by atoms with Crippen molar-refractivity contribution in [3.8, 4) is 0 Å². The minimum atomic E-state index is 0.100. The second-order valence-corrected chi connectivity index (χ2v) is 10.2. The third-order valence-electron chi connectivity index (χ3n) is 5.41. The Morgan fingerprint density at radius 2 is 1.88 bits per heavy atom. The molecule has 2 radical (unpaired) electrons. The van der Waals surface area contributed by atoms with Crippen molar-refractivity contribution in [1.29, 1.82) is 0 Å². The minimum Gasteiger partial charge on any atom is -0.338 e. The summed E-state index contributed by atoms with van der Waals surface area (Å²) in [4.78, 5) is 35.6. The number of rotatable bonds is 7. The number of carbonyl (C=O) groups is 1. The molecule has 9 nitrogen and oxygen atoms in total. The standard InChI is InChI=1S/C21H23BN8OS2/c1-29-8-10-30(11-9-29)19-25-18(26-20-23-12-16(22)33-20)27-21(28-19)32-15-6-4-14(5-7-15)24-17(31)13-2-3-13/h4-7,12-13H,2-3,8-11H2,1H3,(H,24,31)(H,23,25,26,27,28). The topological polar surface area (TPSA) is 99.2 Å². The number of hydrogen-bond acceptors (Lipinski definition) is 10. The van der Waals surface area contributed by atoms with Gasteiger partial charge in [-0.2, -0.15) is 15.0 Å². The number of amides is 1. The highest BCUT2D eigenvalue weighted by atomic mass is 32.2.